The van der Waals surface area contributed by atoms with E-state index in [0.717, 1.165) is 0 Å². The molecule has 0 aliphatic heterocycles. The summed E-state index contributed by atoms with van der Waals surface area (Å²) >= 11 is 0. The van der Waals surface area contributed by atoms with Gasteiger partial charge in [-0.1, -0.05) is 20.8 Å². The maximum absolute atomic E-state index is 11.7. The van der Waals surface area contributed by atoms with Crippen LogP contribution in [0.15, 0.2) is 0 Å². The molecule has 0 rings (SSSR count). The molecule has 5 nitrogen and oxygen atoms in total. The first kappa shape index (κ1) is 17.1. The van der Waals surface area contributed by atoms with E-state index in [2.05, 4.69) is 5.32 Å². The van der Waals surface area contributed by atoms with Gasteiger partial charge in [-0.25, -0.2) is 0 Å². The molecule has 0 saturated heterocycles. The largest absolute Gasteiger partial charge is 0.382 e. The van der Waals surface area contributed by atoms with Crippen LogP contribution in [0, 0.1) is 5.41 Å². The smallest absolute Gasteiger partial charge is 0.252 e. The van der Waals surface area contributed by atoms with Crippen molar-refractivity contribution >= 4 is 11.7 Å². The van der Waals surface area contributed by atoms with Gasteiger partial charge in [-0.2, -0.15) is 0 Å². The Bertz CT molecular complexity index is 280. The summed E-state index contributed by atoms with van der Waals surface area (Å²) in [5, 5.41) is 21.8. The van der Waals surface area contributed by atoms with Crippen molar-refractivity contribution in [2.45, 2.75) is 65.7 Å². The molecule has 106 valence electrons. The molecule has 5 heteroatoms. The molecule has 2 unspecified atom stereocenters. The summed E-state index contributed by atoms with van der Waals surface area (Å²) in [4.78, 5) is 23.3. The van der Waals surface area contributed by atoms with E-state index in [0.29, 0.717) is 0 Å². The zero-order valence-corrected chi connectivity index (χ0v) is 12.1. The van der Waals surface area contributed by atoms with E-state index in [-0.39, 0.29) is 11.8 Å². The van der Waals surface area contributed by atoms with E-state index in [1.54, 1.807) is 20.8 Å². The molecule has 0 saturated carbocycles. The van der Waals surface area contributed by atoms with Crippen molar-refractivity contribution < 1.29 is 19.8 Å². The Kier molecular flexibility index (Phi) is 5.50. The summed E-state index contributed by atoms with van der Waals surface area (Å²) in [6, 6.07) is 0. The third kappa shape index (κ3) is 6.71. The number of amides is 1. The van der Waals surface area contributed by atoms with Crippen molar-refractivity contribution in [2.75, 3.05) is 0 Å². The first-order valence-electron chi connectivity index (χ1n) is 6.04. The van der Waals surface area contributed by atoms with Crippen LogP contribution < -0.4 is 5.32 Å². The number of hydrogen-bond donors (Lipinski definition) is 3. The van der Waals surface area contributed by atoms with Gasteiger partial charge in [0.05, 0.1) is 0 Å². The van der Waals surface area contributed by atoms with Crippen molar-refractivity contribution in [3.63, 3.8) is 0 Å². The van der Waals surface area contributed by atoms with Crippen LogP contribution in [0.2, 0.25) is 0 Å². The average Bonchev–Trinajstić information content (AvgIpc) is 2.09. The van der Waals surface area contributed by atoms with E-state index in [1.165, 1.54) is 0 Å². The van der Waals surface area contributed by atoms with Gasteiger partial charge in [0.1, 0.15) is 6.10 Å². The Morgan fingerprint density at radius 2 is 1.44 bits per heavy atom. The van der Waals surface area contributed by atoms with Crippen LogP contribution in [0.3, 0.4) is 0 Å². The summed E-state index contributed by atoms with van der Waals surface area (Å²) in [6.07, 6.45) is -3.29. The summed E-state index contributed by atoms with van der Waals surface area (Å²) in [6.45, 7) is 10.8. The summed E-state index contributed by atoms with van der Waals surface area (Å²) in [5.74, 6) is -1.27. The zero-order valence-electron chi connectivity index (χ0n) is 12.1. The fourth-order valence-corrected chi connectivity index (χ4v) is 1.39. The van der Waals surface area contributed by atoms with Crippen LogP contribution in [0.1, 0.15) is 48.0 Å². The van der Waals surface area contributed by atoms with Gasteiger partial charge in [-0.05, 0) is 26.2 Å². The molecule has 0 fully saturated rings. The molecular formula is C13H25NO4. The predicted molar refractivity (Wildman–Crippen MR) is 69.0 cm³/mol. The van der Waals surface area contributed by atoms with Crippen molar-refractivity contribution in [2.24, 2.45) is 5.41 Å². The van der Waals surface area contributed by atoms with E-state index in [1.807, 2.05) is 20.8 Å². The van der Waals surface area contributed by atoms with E-state index in [4.69, 9.17) is 0 Å². The number of carbonyl (C=O) groups excluding carboxylic acids is 2. The molecule has 0 aromatic heterocycles. The Hall–Kier alpha value is -0.940. The lowest BCUT2D eigenvalue weighted by Gasteiger charge is -2.25. The van der Waals surface area contributed by atoms with Crippen molar-refractivity contribution in [1.29, 1.82) is 0 Å². The van der Waals surface area contributed by atoms with Crippen LogP contribution in [0.25, 0.3) is 0 Å². The Morgan fingerprint density at radius 3 is 1.78 bits per heavy atom. The van der Waals surface area contributed by atoms with Gasteiger partial charge in [-0.3, -0.25) is 9.59 Å². The molecule has 0 bridgehead atoms. The first-order valence-corrected chi connectivity index (χ1v) is 6.04. The highest BCUT2D eigenvalue weighted by Gasteiger charge is 2.33. The number of Topliss-reactive ketones (excluding diaryl/α,β-unsaturated/α-hetero) is 1. The fourth-order valence-electron chi connectivity index (χ4n) is 1.39. The Labute approximate surface area is 109 Å². The van der Waals surface area contributed by atoms with Crippen LogP contribution in [0.5, 0.6) is 0 Å². The van der Waals surface area contributed by atoms with Crippen molar-refractivity contribution in [3.05, 3.63) is 0 Å². The second-order valence-electron chi connectivity index (χ2n) is 6.83. The highest BCUT2D eigenvalue weighted by molar-refractivity contribution is 5.92. The molecule has 0 aliphatic rings. The molecular weight excluding hydrogens is 234 g/mol. The lowest BCUT2D eigenvalue weighted by Crippen LogP contribution is -2.51. The molecule has 0 radical (unpaired) electrons. The highest BCUT2D eigenvalue weighted by atomic mass is 16.3. The van der Waals surface area contributed by atoms with Crippen molar-refractivity contribution in [3.8, 4) is 0 Å². The van der Waals surface area contributed by atoms with Gasteiger partial charge in [0.25, 0.3) is 5.91 Å². The first-order chi connectivity index (χ1) is 7.83. The van der Waals surface area contributed by atoms with Crippen LogP contribution in [-0.4, -0.2) is 39.7 Å². The Morgan fingerprint density at radius 1 is 1.00 bits per heavy atom. The number of aliphatic hydroxyl groups is 2. The minimum Gasteiger partial charge on any atom is -0.382 e. The van der Waals surface area contributed by atoms with Crippen LogP contribution >= 0.6 is 0 Å². The number of hydrogen-bond acceptors (Lipinski definition) is 4. The standard InChI is InChI=1S/C13H25NO4/c1-12(2,3)7-8(15)9(16)10(17)11(18)14-13(4,5)6/h9-10,16-17H,7H2,1-6H3,(H,14,18). The molecule has 0 spiro atoms. The quantitative estimate of drug-likeness (QED) is 0.691. The van der Waals surface area contributed by atoms with Gasteiger partial charge in [0.15, 0.2) is 11.9 Å². The number of carbonyl (C=O) groups is 2. The summed E-state index contributed by atoms with van der Waals surface area (Å²) in [5.41, 5.74) is -0.816. The third-order valence-corrected chi connectivity index (χ3v) is 2.10. The SMILES string of the molecule is CC(C)(C)CC(=O)C(O)C(O)C(=O)NC(C)(C)C. The zero-order chi connectivity index (χ0) is 14.7. The lowest BCUT2D eigenvalue weighted by atomic mass is 9.87. The number of rotatable bonds is 4. The van der Waals surface area contributed by atoms with E-state index in [9.17, 15) is 19.8 Å². The second-order valence-corrected chi connectivity index (χ2v) is 6.83. The maximum atomic E-state index is 11.7. The number of nitrogens with one attached hydrogen (secondary N) is 1. The topological polar surface area (TPSA) is 86.6 Å². The molecule has 3 N–H and O–H groups in total. The minimum absolute atomic E-state index is 0.105. The summed E-state index contributed by atoms with van der Waals surface area (Å²) < 4.78 is 0. The second kappa shape index (κ2) is 5.80. The highest BCUT2D eigenvalue weighted by Crippen LogP contribution is 2.20. The van der Waals surface area contributed by atoms with E-state index < -0.39 is 29.4 Å². The molecule has 0 aromatic carbocycles. The average molecular weight is 259 g/mol. The monoisotopic (exact) mass is 259 g/mol. The Balaban J connectivity index is 4.55. The molecule has 0 heterocycles. The van der Waals surface area contributed by atoms with Gasteiger partial charge >= 0.3 is 0 Å². The summed E-state index contributed by atoms with van der Waals surface area (Å²) in [7, 11) is 0. The number of aliphatic hydroxyl groups excluding tert-OH is 2. The predicted octanol–water partition coefficient (Wildman–Crippen LogP) is 0.628. The van der Waals surface area contributed by atoms with Crippen LogP contribution in [0.4, 0.5) is 0 Å². The van der Waals surface area contributed by atoms with Gasteiger partial charge in [-0.15, -0.1) is 0 Å². The molecule has 0 aromatic rings. The van der Waals surface area contributed by atoms with Gasteiger partial charge in [0.2, 0.25) is 0 Å². The molecule has 2 atom stereocenters. The van der Waals surface area contributed by atoms with Gasteiger partial charge < -0.3 is 15.5 Å². The fraction of sp³-hybridized carbons (Fsp3) is 0.846. The molecule has 0 aliphatic carbocycles. The maximum Gasteiger partial charge on any atom is 0.252 e. The number of ketones is 1. The van der Waals surface area contributed by atoms with Gasteiger partial charge in [0, 0.05) is 12.0 Å². The minimum atomic E-state index is -1.72. The normalized spacial score (nSPS) is 16.0. The third-order valence-electron chi connectivity index (χ3n) is 2.10. The van der Waals surface area contributed by atoms with E-state index >= 15 is 0 Å². The lowest BCUT2D eigenvalue weighted by molar-refractivity contribution is -0.146. The molecule has 1 amide bonds. The molecule has 18 heavy (non-hydrogen) atoms. The van der Waals surface area contributed by atoms with Crippen LogP contribution in [-0.2, 0) is 9.59 Å². The van der Waals surface area contributed by atoms with Crippen molar-refractivity contribution in [1.82, 2.24) is 5.32 Å².